The summed E-state index contributed by atoms with van der Waals surface area (Å²) in [6.07, 6.45) is -3.09. The first kappa shape index (κ1) is 20.9. The molecular weight excluding hydrogens is 403 g/mol. The van der Waals surface area contributed by atoms with Gasteiger partial charge in [-0.3, -0.25) is 14.6 Å². The molecule has 0 aliphatic heterocycles. The van der Waals surface area contributed by atoms with Crippen molar-refractivity contribution in [2.24, 2.45) is 0 Å². The van der Waals surface area contributed by atoms with Gasteiger partial charge >= 0.3 is 12.1 Å². The third-order valence-electron chi connectivity index (χ3n) is 4.30. The lowest BCUT2D eigenvalue weighted by Crippen LogP contribution is -2.18. The van der Waals surface area contributed by atoms with Crippen molar-refractivity contribution >= 4 is 34.8 Å². The highest BCUT2D eigenvalue weighted by molar-refractivity contribution is 6.14. The van der Waals surface area contributed by atoms with Gasteiger partial charge in [0.05, 0.1) is 29.4 Å². The number of halogens is 3. The van der Waals surface area contributed by atoms with E-state index >= 15 is 0 Å². The molecule has 0 aliphatic rings. The van der Waals surface area contributed by atoms with Gasteiger partial charge in [-0.05, 0) is 25.1 Å². The number of fused-ring (bicyclic) bond motifs is 1. The minimum atomic E-state index is -4.68. The van der Waals surface area contributed by atoms with Gasteiger partial charge in [0.15, 0.2) is 6.29 Å². The second-order valence-electron chi connectivity index (χ2n) is 6.18. The van der Waals surface area contributed by atoms with E-state index in [4.69, 9.17) is 0 Å². The molecular formula is C20H14F3N3O4. The number of hydrogen-bond acceptors (Lipinski definition) is 6. The van der Waals surface area contributed by atoms with Crippen LogP contribution in [-0.2, 0) is 10.9 Å². The summed E-state index contributed by atoms with van der Waals surface area (Å²) in [6.45, 7) is 1.33. The maximum absolute atomic E-state index is 13.3. The monoisotopic (exact) mass is 417 g/mol. The van der Waals surface area contributed by atoms with Gasteiger partial charge in [-0.2, -0.15) is 13.2 Å². The van der Waals surface area contributed by atoms with Crippen LogP contribution in [0.5, 0.6) is 0 Å². The highest BCUT2D eigenvalue weighted by atomic mass is 19.4. The molecule has 2 heterocycles. The van der Waals surface area contributed by atoms with E-state index in [1.54, 1.807) is 0 Å². The zero-order valence-electron chi connectivity index (χ0n) is 15.7. The number of nitrogens with one attached hydrogen (secondary N) is 1. The summed E-state index contributed by atoms with van der Waals surface area (Å²) in [5.41, 5.74) is -1.75. The number of esters is 1. The molecule has 0 saturated heterocycles. The van der Waals surface area contributed by atoms with Crippen molar-refractivity contribution in [2.45, 2.75) is 13.1 Å². The number of para-hydroxylation sites is 1. The first-order valence-corrected chi connectivity index (χ1v) is 8.48. The molecule has 10 heteroatoms. The van der Waals surface area contributed by atoms with Crippen molar-refractivity contribution in [2.75, 3.05) is 12.4 Å². The summed E-state index contributed by atoms with van der Waals surface area (Å²) in [5, 5.41) is 2.40. The molecule has 0 radical (unpaired) electrons. The number of hydrogen-bond donors (Lipinski definition) is 1. The second kappa shape index (κ2) is 7.90. The van der Waals surface area contributed by atoms with Crippen molar-refractivity contribution in [1.29, 1.82) is 0 Å². The van der Waals surface area contributed by atoms with Crippen LogP contribution in [0.2, 0.25) is 0 Å². The van der Waals surface area contributed by atoms with E-state index < -0.39 is 29.1 Å². The second-order valence-corrected chi connectivity index (χ2v) is 6.18. The van der Waals surface area contributed by atoms with Crippen molar-refractivity contribution in [3.05, 3.63) is 64.6 Å². The maximum atomic E-state index is 13.3. The first-order valence-electron chi connectivity index (χ1n) is 8.48. The number of rotatable bonds is 4. The Labute approximate surface area is 167 Å². The Bertz CT molecular complexity index is 1180. The number of methoxy groups -OCH3 is 1. The van der Waals surface area contributed by atoms with Crippen LogP contribution in [-0.4, -0.2) is 35.2 Å². The molecule has 30 heavy (non-hydrogen) atoms. The molecule has 154 valence electrons. The number of anilines is 1. The lowest BCUT2D eigenvalue weighted by Gasteiger charge is -2.15. The number of aldehydes is 1. The van der Waals surface area contributed by atoms with Crippen LogP contribution in [0.4, 0.5) is 18.9 Å². The van der Waals surface area contributed by atoms with Gasteiger partial charge in [0.25, 0.3) is 5.91 Å². The standard InChI is InChI=1S/C20H14F3N3O4/c1-10-16(18(28)26-11-6-7-24-15(8-11)19(29)30-2)13(9-27)12-4-3-5-14(17(12)25-10)20(21,22)23/h3-9H,1-2H3,(H,24,26,28). The minimum Gasteiger partial charge on any atom is -0.464 e. The molecule has 3 rings (SSSR count). The molecule has 1 N–H and O–H groups in total. The molecule has 1 amide bonds. The quantitative estimate of drug-likeness (QED) is 0.512. The predicted octanol–water partition coefficient (Wildman–Crippen LogP) is 3.81. The number of nitrogens with zero attached hydrogens (tertiary/aromatic N) is 2. The van der Waals surface area contributed by atoms with E-state index in [-0.39, 0.29) is 33.6 Å². The third-order valence-corrected chi connectivity index (χ3v) is 4.30. The molecule has 0 spiro atoms. The lowest BCUT2D eigenvalue weighted by molar-refractivity contribution is -0.136. The Morgan fingerprint density at radius 1 is 1.20 bits per heavy atom. The number of carbonyl (C=O) groups excluding carboxylic acids is 3. The van der Waals surface area contributed by atoms with E-state index in [2.05, 4.69) is 20.0 Å². The minimum absolute atomic E-state index is 0.0546. The topological polar surface area (TPSA) is 98.2 Å². The van der Waals surface area contributed by atoms with E-state index in [1.807, 2.05) is 0 Å². The molecule has 0 bridgehead atoms. The summed E-state index contributed by atoms with van der Waals surface area (Å²) >= 11 is 0. The molecule has 3 aromatic rings. The number of alkyl halides is 3. The number of amides is 1. The zero-order chi connectivity index (χ0) is 22.1. The van der Waals surface area contributed by atoms with Gasteiger partial charge in [0.1, 0.15) is 5.69 Å². The Kier molecular flexibility index (Phi) is 5.50. The van der Waals surface area contributed by atoms with E-state index in [1.165, 1.54) is 38.4 Å². The number of carbonyl (C=O) groups is 3. The Morgan fingerprint density at radius 2 is 1.93 bits per heavy atom. The van der Waals surface area contributed by atoms with Crippen LogP contribution in [0.15, 0.2) is 36.5 Å². The molecule has 1 aromatic carbocycles. The number of pyridine rings is 2. The number of benzene rings is 1. The number of ether oxygens (including phenoxy) is 1. The smallest absolute Gasteiger partial charge is 0.418 e. The fourth-order valence-corrected chi connectivity index (χ4v) is 2.99. The summed E-state index contributed by atoms with van der Waals surface area (Å²) in [4.78, 5) is 43.9. The molecule has 2 aromatic heterocycles. The largest absolute Gasteiger partial charge is 0.464 e. The molecule has 0 saturated carbocycles. The Morgan fingerprint density at radius 3 is 2.57 bits per heavy atom. The van der Waals surface area contributed by atoms with Gasteiger partial charge in [-0.25, -0.2) is 9.78 Å². The van der Waals surface area contributed by atoms with Crippen molar-refractivity contribution in [3.63, 3.8) is 0 Å². The van der Waals surface area contributed by atoms with Gasteiger partial charge in [0.2, 0.25) is 0 Å². The average molecular weight is 417 g/mol. The molecule has 0 fully saturated rings. The number of aromatic nitrogens is 2. The molecule has 7 nitrogen and oxygen atoms in total. The van der Waals surface area contributed by atoms with Crippen LogP contribution in [0, 0.1) is 6.92 Å². The summed E-state index contributed by atoms with van der Waals surface area (Å²) in [7, 11) is 1.17. The van der Waals surface area contributed by atoms with Gasteiger partial charge in [0, 0.05) is 22.8 Å². The zero-order valence-corrected chi connectivity index (χ0v) is 15.7. The average Bonchev–Trinajstić information content (AvgIpc) is 2.70. The Balaban J connectivity index is 2.10. The SMILES string of the molecule is COC(=O)c1cc(NC(=O)c2c(C)nc3c(C(F)(F)F)cccc3c2C=O)ccn1. The third kappa shape index (κ3) is 3.84. The van der Waals surface area contributed by atoms with Crippen molar-refractivity contribution in [1.82, 2.24) is 9.97 Å². The van der Waals surface area contributed by atoms with Crippen LogP contribution in [0.1, 0.15) is 42.5 Å². The van der Waals surface area contributed by atoms with Gasteiger partial charge < -0.3 is 10.1 Å². The first-order chi connectivity index (χ1) is 14.2. The predicted molar refractivity (Wildman–Crippen MR) is 100 cm³/mol. The van der Waals surface area contributed by atoms with E-state index in [0.29, 0.717) is 6.29 Å². The van der Waals surface area contributed by atoms with Crippen LogP contribution < -0.4 is 5.32 Å². The van der Waals surface area contributed by atoms with E-state index in [0.717, 1.165) is 12.1 Å². The van der Waals surface area contributed by atoms with Crippen LogP contribution in [0.3, 0.4) is 0 Å². The normalized spacial score (nSPS) is 11.2. The fraction of sp³-hybridized carbons (Fsp3) is 0.150. The fourth-order valence-electron chi connectivity index (χ4n) is 2.99. The summed E-state index contributed by atoms with van der Waals surface area (Å²) in [5.74, 6) is -1.49. The summed E-state index contributed by atoms with van der Waals surface area (Å²) < 4.78 is 44.5. The van der Waals surface area contributed by atoms with Crippen LogP contribution in [0.25, 0.3) is 10.9 Å². The maximum Gasteiger partial charge on any atom is 0.418 e. The highest BCUT2D eigenvalue weighted by Crippen LogP contribution is 2.35. The lowest BCUT2D eigenvalue weighted by atomic mass is 9.98. The van der Waals surface area contributed by atoms with Crippen molar-refractivity contribution < 1.29 is 32.3 Å². The molecule has 0 aliphatic carbocycles. The van der Waals surface area contributed by atoms with E-state index in [9.17, 15) is 27.6 Å². The molecule has 0 atom stereocenters. The summed E-state index contributed by atoms with van der Waals surface area (Å²) in [6, 6.07) is 5.95. The van der Waals surface area contributed by atoms with Crippen LogP contribution >= 0.6 is 0 Å². The number of aryl methyl sites for hydroxylation is 1. The van der Waals surface area contributed by atoms with Gasteiger partial charge in [-0.15, -0.1) is 0 Å². The Hall–Kier alpha value is -3.82. The van der Waals surface area contributed by atoms with Gasteiger partial charge in [-0.1, -0.05) is 12.1 Å². The molecule has 0 unspecified atom stereocenters. The highest BCUT2D eigenvalue weighted by Gasteiger charge is 2.34. The van der Waals surface area contributed by atoms with Crippen molar-refractivity contribution in [3.8, 4) is 0 Å².